The van der Waals surface area contributed by atoms with Crippen molar-refractivity contribution in [1.82, 2.24) is 0 Å². The highest BCUT2D eigenvalue weighted by Gasteiger charge is 2.52. The van der Waals surface area contributed by atoms with Gasteiger partial charge in [0.05, 0.1) is 0 Å². The van der Waals surface area contributed by atoms with Crippen LogP contribution in [-0.2, 0) is 19.1 Å². The lowest BCUT2D eigenvalue weighted by Crippen LogP contribution is -2.65. The fourth-order valence-corrected chi connectivity index (χ4v) is 2.29. The highest BCUT2D eigenvalue weighted by atomic mass is 16.6. The van der Waals surface area contributed by atoms with E-state index in [2.05, 4.69) is 0 Å². The molecule has 4 N–H and O–H groups in total. The Morgan fingerprint density at radius 3 is 1.41 bits per heavy atom. The molecule has 0 amide bonds. The topological polar surface area (TPSA) is 134 Å². The van der Waals surface area contributed by atoms with Crippen LogP contribution in [0, 0.1) is 0 Å². The molecule has 1 saturated carbocycles. The molecule has 6 atom stereocenters. The van der Waals surface area contributed by atoms with Crippen LogP contribution in [0.3, 0.4) is 0 Å². The molecule has 1 aliphatic carbocycles. The van der Waals surface area contributed by atoms with E-state index in [9.17, 15) is 30.0 Å². The highest BCUT2D eigenvalue weighted by molar-refractivity contribution is 5.70. The van der Waals surface area contributed by atoms with E-state index < -0.39 is 48.6 Å². The number of hydrogen-bond donors (Lipinski definition) is 4. The average Bonchev–Trinajstić information content (AvgIpc) is 2.47. The lowest BCUT2D eigenvalue weighted by molar-refractivity contribution is -0.241. The van der Waals surface area contributed by atoms with E-state index in [-0.39, 0.29) is 12.8 Å². The summed E-state index contributed by atoms with van der Waals surface area (Å²) in [5, 5.41) is 39.7. The largest absolute Gasteiger partial charge is 0.457 e. The Bertz CT molecular complexity index is 351. The zero-order chi connectivity index (χ0) is 16.9. The summed E-state index contributed by atoms with van der Waals surface area (Å²) in [4.78, 5) is 23.1. The normalized spacial score (nSPS) is 35.0. The van der Waals surface area contributed by atoms with Gasteiger partial charge in [0.25, 0.3) is 0 Å². The Morgan fingerprint density at radius 1 is 0.727 bits per heavy atom. The molecule has 0 bridgehead atoms. The van der Waals surface area contributed by atoms with Crippen LogP contribution in [-0.4, -0.2) is 69.0 Å². The maximum Gasteiger partial charge on any atom is 0.306 e. The van der Waals surface area contributed by atoms with Gasteiger partial charge in [0.1, 0.15) is 24.4 Å². The van der Waals surface area contributed by atoms with Crippen molar-refractivity contribution in [1.29, 1.82) is 0 Å². The summed E-state index contributed by atoms with van der Waals surface area (Å²) >= 11 is 0. The maximum atomic E-state index is 11.5. The lowest BCUT2D eigenvalue weighted by atomic mass is 9.84. The van der Waals surface area contributed by atoms with Crippen molar-refractivity contribution in [2.24, 2.45) is 0 Å². The fraction of sp³-hybridized carbons (Fsp3) is 0.857. The van der Waals surface area contributed by atoms with Crippen molar-refractivity contribution >= 4 is 11.9 Å². The predicted octanol–water partition coefficient (Wildman–Crippen LogP) is -1.13. The van der Waals surface area contributed by atoms with Gasteiger partial charge in [-0.3, -0.25) is 9.59 Å². The van der Waals surface area contributed by atoms with Crippen LogP contribution in [0.2, 0.25) is 0 Å². The molecule has 0 radical (unpaired) electrons. The zero-order valence-corrected chi connectivity index (χ0v) is 12.7. The monoisotopic (exact) mass is 320 g/mol. The number of aliphatic hydroxyl groups is 4. The minimum atomic E-state index is -1.71. The first-order valence-electron chi connectivity index (χ1n) is 7.44. The van der Waals surface area contributed by atoms with E-state index in [0.29, 0.717) is 12.8 Å². The fourth-order valence-electron chi connectivity index (χ4n) is 2.29. The predicted molar refractivity (Wildman–Crippen MR) is 73.6 cm³/mol. The molecular weight excluding hydrogens is 296 g/mol. The van der Waals surface area contributed by atoms with Crippen molar-refractivity contribution in [3.63, 3.8) is 0 Å². The average molecular weight is 320 g/mol. The minimum Gasteiger partial charge on any atom is -0.457 e. The van der Waals surface area contributed by atoms with Gasteiger partial charge in [0.15, 0.2) is 12.2 Å². The molecular formula is C14H24O8. The lowest BCUT2D eigenvalue weighted by Gasteiger charge is -2.42. The molecule has 8 heteroatoms. The van der Waals surface area contributed by atoms with Crippen LogP contribution in [0.5, 0.6) is 0 Å². The molecule has 128 valence electrons. The Morgan fingerprint density at radius 2 is 1.09 bits per heavy atom. The minimum absolute atomic E-state index is 0.0783. The quantitative estimate of drug-likeness (QED) is 0.452. The molecule has 22 heavy (non-hydrogen) atoms. The van der Waals surface area contributed by atoms with Crippen LogP contribution in [0.1, 0.15) is 39.5 Å². The van der Waals surface area contributed by atoms with Crippen LogP contribution < -0.4 is 0 Å². The highest BCUT2D eigenvalue weighted by Crippen LogP contribution is 2.27. The molecule has 1 aliphatic rings. The molecule has 1 fully saturated rings. The second kappa shape index (κ2) is 8.42. The molecule has 0 unspecified atom stereocenters. The van der Waals surface area contributed by atoms with Crippen molar-refractivity contribution in [3.05, 3.63) is 0 Å². The molecule has 1 rings (SSSR count). The Kier molecular flexibility index (Phi) is 7.21. The SMILES string of the molecule is CCCC(=O)O[C@@H]1[C@@H](O)[C@@H](OC(=O)CCC)[C@@H](O)[C@H](O)[C@H]1O. The van der Waals surface area contributed by atoms with E-state index in [1.54, 1.807) is 13.8 Å². The number of hydrogen-bond acceptors (Lipinski definition) is 8. The van der Waals surface area contributed by atoms with Crippen molar-refractivity contribution in [3.8, 4) is 0 Å². The molecule has 0 aromatic heterocycles. The molecule has 0 spiro atoms. The Balaban J connectivity index is 2.84. The van der Waals surface area contributed by atoms with Crippen LogP contribution in [0.25, 0.3) is 0 Å². The Labute approximate surface area is 128 Å². The van der Waals surface area contributed by atoms with Crippen molar-refractivity contribution in [2.75, 3.05) is 0 Å². The number of rotatable bonds is 6. The maximum absolute atomic E-state index is 11.5. The van der Waals surface area contributed by atoms with E-state index in [1.807, 2.05) is 0 Å². The van der Waals surface area contributed by atoms with Gasteiger partial charge in [-0.15, -0.1) is 0 Å². The van der Waals surface area contributed by atoms with E-state index in [4.69, 9.17) is 9.47 Å². The third-order valence-electron chi connectivity index (χ3n) is 3.49. The van der Waals surface area contributed by atoms with Crippen LogP contribution >= 0.6 is 0 Å². The summed E-state index contributed by atoms with van der Waals surface area (Å²) < 4.78 is 9.89. The first-order chi connectivity index (χ1) is 10.3. The number of carbonyl (C=O) groups excluding carboxylic acids is 2. The number of ether oxygens (including phenoxy) is 2. The smallest absolute Gasteiger partial charge is 0.306 e. The molecule has 8 nitrogen and oxygen atoms in total. The zero-order valence-electron chi connectivity index (χ0n) is 12.7. The standard InChI is InChI=1S/C14H24O8/c1-3-5-7(15)21-13-10(18)9(17)11(19)14(12(13)20)22-8(16)6-4-2/h9-14,17-20H,3-6H2,1-2H3/t9-,10-,11+,12-,13-,14-/m0/s1. The summed E-state index contributed by atoms with van der Waals surface area (Å²) in [5.41, 5.74) is 0. The van der Waals surface area contributed by atoms with Gasteiger partial charge < -0.3 is 29.9 Å². The van der Waals surface area contributed by atoms with E-state index in [0.717, 1.165) is 0 Å². The van der Waals surface area contributed by atoms with Gasteiger partial charge in [0.2, 0.25) is 0 Å². The van der Waals surface area contributed by atoms with E-state index >= 15 is 0 Å². The first kappa shape index (κ1) is 18.8. The summed E-state index contributed by atoms with van der Waals surface area (Å²) in [5.74, 6) is -1.32. The molecule has 0 heterocycles. The molecule has 0 aromatic carbocycles. The van der Waals surface area contributed by atoms with Gasteiger partial charge in [0, 0.05) is 12.8 Å². The summed E-state index contributed by atoms with van der Waals surface area (Å²) in [6, 6.07) is 0. The van der Waals surface area contributed by atoms with Crippen LogP contribution in [0.4, 0.5) is 0 Å². The van der Waals surface area contributed by atoms with Gasteiger partial charge in [-0.1, -0.05) is 13.8 Å². The second-order valence-corrected chi connectivity index (χ2v) is 5.37. The first-order valence-corrected chi connectivity index (χ1v) is 7.44. The molecule has 0 aromatic rings. The van der Waals surface area contributed by atoms with Gasteiger partial charge in [-0.2, -0.15) is 0 Å². The van der Waals surface area contributed by atoms with Crippen molar-refractivity contribution in [2.45, 2.75) is 76.2 Å². The number of aliphatic hydroxyl groups excluding tert-OH is 4. The molecule has 0 saturated heterocycles. The summed E-state index contributed by atoms with van der Waals surface area (Å²) in [6.45, 7) is 3.51. The van der Waals surface area contributed by atoms with Gasteiger partial charge >= 0.3 is 11.9 Å². The summed E-state index contributed by atoms with van der Waals surface area (Å²) in [7, 11) is 0. The van der Waals surface area contributed by atoms with Crippen molar-refractivity contribution < 1.29 is 39.5 Å². The molecule has 0 aliphatic heterocycles. The third kappa shape index (κ3) is 4.39. The Hall–Kier alpha value is -1.22. The van der Waals surface area contributed by atoms with Crippen LogP contribution in [0.15, 0.2) is 0 Å². The van der Waals surface area contributed by atoms with Gasteiger partial charge in [-0.05, 0) is 12.8 Å². The summed E-state index contributed by atoms with van der Waals surface area (Å²) in [6.07, 6.45) is -8.45. The number of esters is 2. The second-order valence-electron chi connectivity index (χ2n) is 5.37. The van der Waals surface area contributed by atoms with E-state index in [1.165, 1.54) is 0 Å². The van der Waals surface area contributed by atoms with Gasteiger partial charge in [-0.25, -0.2) is 0 Å². The third-order valence-corrected chi connectivity index (χ3v) is 3.49. The number of carbonyl (C=O) groups is 2.